The molecule has 19 heavy (non-hydrogen) atoms. The van der Waals surface area contributed by atoms with Gasteiger partial charge in [-0.2, -0.15) is 0 Å². The summed E-state index contributed by atoms with van der Waals surface area (Å²) >= 11 is 0. The molecule has 0 aliphatic carbocycles. The molecule has 4 N–H and O–H groups in total. The second kappa shape index (κ2) is 5.89. The second-order valence-electron chi connectivity index (χ2n) is 4.41. The fourth-order valence-electron chi connectivity index (χ4n) is 1.55. The Morgan fingerprint density at radius 1 is 1.05 bits per heavy atom. The van der Waals surface area contributed by atoms with Crippen LogP contribution in [0.25, 0.3) is 0 Å². The van der Waals surface area contributed by atoms with E-state index in [0.717, 1.165) is 0 Å². The van der Waals surface area contributed by atoms with Gasteiger partial charge in [-0.05, 0) is 43.5 Å². The Labute approximate surface area is 113 Å². The van der Waals surface area contributed by atoms with Gasteiger partial charge >= 0.3 is 0 Å². The number of rotatable bonds is 6. The maximum absolute atomic E-state index is 12.0. The van der Waals surface area contributed by atoms with Gasteiger partial charge in [0, 0.05) is 5.69 Å². The first-order valence-electron chi connectivity index (χ1n) is 5.71. The van der Waals surface area contributed by atoms with Crippen LogP contribution in [0.3, 0.4) is 0 Å². The minimum Gasteiger partial charge on any atom is -0.399 e. The SMILES string of the molecule is Cc1cc(S(=O)(=O)CCCCS(N)(=O)=O)ccc1N. The fourth-order valence-corrected chi connectivity index (χ4v) is 3.61. The van der Waals surface area contributed by atoms with Crippen LogP contribution in [0, 0.1) is 6.92 Å². The lowest BCUT2D eigenvalue weighted by atomic mass is 10.2. The number of unbranched alkanes of at least 4 members (excludes halogenated alkanes) is 1. The van der Waals surface area contributed by atoms with Gasteiger partial charge < -0.3 is 5.73 Å². The minimum atomic E-state index is -3.53. The van der Waals surface area contributed by atoms with E-state index in [2.05, 4.69) is 0 Å². The highest BCUT2D eigenvalue weighted by atomic mass is 32.2. The summed E-state index contributed by atoms with van der Waals surface area (Å²) in [5, 5.41) is 4.84. The van der Waals surface area contributed by atoms with Crippen molar-refractivity contribution >= 4 is 25.5 Å². The van der Waals surface area contributed by atoms with Gasteiger partial charge in [-0.1, -0.05) is 0 Å². The van der Waals surface area contributed by atoms with E-state index in [1.165, 1.54) is 12.1 Å². The fraction of sp³-hybridized carbons (Fsp3) is 0.455. The molecular formula is C11H18N2O4S2. The van der Waals surface area contributed by atoms with Crippen LogP contribution in [0.15, 0.2) is 23.1 Å². The highest BCUT2D eigenvalue weighted by molar-refractivity contribution is 7.91. The second-order valence-corrected chi connectivity index (χ2v) is 8.25. The first-order chi connectivity index (χ1) is 8.62. The van der Waals surface area contributed by atoms with Crippen molar-refractivity contribution in [2.45, 2.75) is 24.7 Å². The molecule has 6 nitrogen and oxygen atoms in total. The Bertz CT molecular complexity index is 651. The summed E-state index contributed by atoms with van der Waals surface area (Å²) in [5.41, 5.74) is 6.86. The van der Waals surface area contributed by atoms with Gasteiger partial charge in [0.2, 0.25) is 10.0 Å². The van der Waals surface area contributed by atoms with Crippen LogP contribution in [0.5, 0.6) is 0 Å². The quantitative estimate of drug-likeness (QED) is 0.583. The van der Waals surface area contributed by atoms with E-state index in [1.54, 1.807) is 13.0 Å². The molecule has 0 aliphatic rings. The summed E-state index contributed by atoms with van der Waals surface area (Å²) < 4.78 is 45.4. The van der Waals surface area contributed by atoms with Crippen LogP contribution in [0.4, 0.5) is 5.69 Å². The Morgan fingerprint density at radius 2 is 1.63 bits per heavy atom. The van der Waals surface area contributed by atoms with Crippen LogP contribution >= 0.6 is 0 Å². The predicted octanol–water partition coefficient (Wildman–Crippen LogP) is 0.420. The van der Waals surface area contributed by atoms with Gasteiger partial charge in [0.1, 0.15) is 0 Å². The molecule has 8 heteroatoms. The molecule has 0 saturated carbocycles. The number of nitrogens with two attached hydrogens (primary N) is 2. The molecule has 0 radical (unpaired) electrons. The topological polar surface area (TPSA) is 120 Å². The predicted molar refractivity (Wildman–Crippen MR) is 74.9 cm³/mol. The monoisotopic (exact) mass is 306 g/mol. The molecule has 108 valence electrons. The van der Waals surface area contributed by atoms with Crippen molar-refractivity contribution in [1.29, 1.82) is 0 Å². The summed E-state index contributed by atoms with van der Waals surface area (Å²) in [6.07, 6.45) is 0.480. The molecule has 0 fully saturated rings. The van der Waals surface area contributed by atoms with Gasteiger partial charge in [-0.3, -0.25) is 0 Å². The lowest BCUT2D eigenvalue weighted by Gasteiger charge is -2.06. The van der Waals surface area contributed by atoms with E-state index in [4.69, 9.17) is 10.9 Å². The van der Waals surface area contributed by atoms with E-state index in [0.29, 0.717) is 11.3 Å². The highest BCUT2D eigenvalue weighted by Crippen LogP contribution is 2.18. The van der Waals surface area contributed by atoms with E-state index in [1.807, 2.05) is 0 Å². The van der Waals surface area contributed by atoms with Crippen LogP contribution in [0.2, 0.25) is 0 Å². The standard InChI is InChI=1S/C11H18N2O4S2/c1-9-8-10(4-5-11(9)12)18(14,15)6-2-3-7-19(13,16)17/h4-5,8H,2-3,6-7,12H2,1H3,(H2,13,16,17). The first kappa shape index (κ1) is 15.9. The Balaban J connectivity index is 2.68. The van der Waals surface area contributed by atoms with Gasteiger partial charge in [0.25, 0.3) is 0 Å². The average molecular weight is 306 g/mol. The van der Waals surface area contributed by atoms with Crippen LogP contribution < -0.4 is 10.9 Å². The van der Waals surface area contributed by atoms with Crippen molar-refractivity contribution in [3.05, 3.63) is 23.8 Å². The first-order valence-corrected chi connectivity index (χ1v) is 9.08. The smallest absolute Gasteiger partial charge is 0.209 e. The maximum Gasteiger partial charge on any atom is 0.209 e. The van der Waals surface area contributed by atoms with Gasteiger partial charge in [-0.25, -0.2) is 22.0 Å². The lowest BCUT2D eigenvalue weighted by molar-refractivity contribution is 0.586. The van der Waals surface area contributed by atoms with Gasteiger partial charge in [0.15, 0.2) is 9.84 Å². The number of primary sulfonamides is 1. The molecule has 0 aromatic heterocycles. The molecular weight excluding hydrogens is 288 g/mol. The molecule has 0 amide bonds. The van der Waals surface area contributed by atoms with E-state index < -0.39 is 19.9 Å². The van der Waals surface area contributed by atoms with Crippen molar-refractivity contribution in [3.8, 4) is 0 Å². The number of hydrogen-bond donors (Lipinski definition) is 2. The molecule has 0 heterocycles. The van der Waals surface area contributed by atoms with Crippen LogP contribution in [-0.2, 0) is 19.9 Å². The summed E-state index contributed by atoms with van der Waals surface area (Å²) in [5.74, 6) is -0.310. The minimum absolute atomic E-state index is 0.105. The van der Waals surface area contributed by atoms with Crippen molar-refractivity contribution in [1.82, 2.24) is 0 Å². The Kier molecular flexibility index (Phi) is 4.94. The van der Waals surface area contributed by atoms with Crippen LogP contribution in [-0.4, -0.2) is 28.3 Å². The Morgan fingerprint density at radius 3 is 2.16 bits per heavy atom. The molecule has 0 saturated heterocycles. The van der Waals surface area contributed by atoms with E-state index in [9.17, 15) is 16.8 Å². The van der Waals surface area contributed by atoms with Crippen molar-refractivity contribution < 1.29 is 16.8 Å². The van der Waals surface area contributed by atoms with Gasteiger partial charge in [-0.15, -0.1) is 0 Å². The van der Waals surface area contributed by atoms with Gasteiger partial charge in [0.05, 0.1) is 16.4 Å². The summed E-state index contributed by atoms with van der Waals surface area (Å²) in [4.78, 5) is 0.204. The van der Waals surface area contributed by atoms with E-state index in [-0.39, 0.29) is 29.2 Å². The van der Waals surface area contributed by atoms with Crippen LogP contribution in [0.1, 0.15) is 18.4 Å². The number of anilines is 1. The Hall–Kier alpha value is -1.12. The number of aryl methyl sites for hydroxylation is 1. The molecule has 1 rings (SSSR count). The molecule has 0 spiro atoms. The number of sulfone groups is 1. The highest BCUT2D eigenvalue weighted by Gasteiger charge is 2.15. The molecule has 1 aromatic rings. The van der Waals surface area contributed by atoms with E-state index >= 15 is 0 Å². The third kappa shape index (κ3) is 5.17. The normalized spacial score (nSPS) is 12.5. The molecule has 0 unspecified atom stereocenters. The largest absolute Gasteiger partial charge is 0.399 e. The molecule has 0 atom stereocenters. The summed E-state index contributed by atoms with van der Waals surface area (Å²) in [7, 11) is -6.94. The van der Waals surface area contributed by atoms with Crippen molar-refractivity contribution in [2.75, 3.05) is 17.2 Å². The number of sulfonamides is 1. The van der Waals surface area contributed by atoms with Crippen molar-refractivity contribution in [3.63, 3.8) is 0 Å². The summed E-state index contributed by atoms with van der Waals surface area (Å²) in [6.45, 7) is 1.73. The number of benzene rings is 1. The third-order valence-corrected chi connectivity index (χ3v) is 5.35. The number of nitrogen functional groups attached to an aromatic ring is 1. The molecule has 0 aliphatic heterocycles. The molecule has 0 bridgehead atoms. The summed E-state index contributed by atoms with van der Waals surface area (Å²) in [6, 6.07) is 4.52. The zero-order valence-electron chi connectivity index (χ0n) is 10.7. The lowest BCUT2D eigenvalue weighted by Crippen LogP contribution is -2.17. The maximum atomic E-state index is 12.0. The molecule has 1 aromatic carbocycles. The average Bonchev–Trinajstić information content (AvgIpc) is 2.27. The zero-order valence-corrected chi connectivity index (χ0v) is 12.3. The van der Waals surface area contributed by atoms with Crippen molar-refractivity contribution in [2.24, 2.45) is 5.14 Å². The third-order valence-electron chi connectivity index (χ3n) is 2.69. The zero-order chi connectivity index (χ0) is 14.7. The number of hydrogen-bond acceptors (Lipinski definition) is 5.